The SMILES string of the molecule is O=C(O)c1cncc(C2=C(c3cc(Cl)ccc3OCc3ccc(Cl)cc3F)CCC2)n1. The molecule has 1 aromatic heterocycles. The Morgan fingerprint density at radius 3 is 2.58 bits per heavy atom. The highest BCUT2D eigenvalue weighted by Gasteiger charge is 2.23. The Balaban J connectivity index is 1.71. The summed E-state index contributed by atoms with van der Waals surface area (Å²) in [5.41, 5.74) is 3.42. The Kier molecular flexibility index (Phi) is 6.20. The minimum absolute atomic E-state index is 0.0224. The molecule has 158 valence electrons. The maximum atomic E-state index is 14.1. The van der Waals surface area contributed by atoms with E-state index in [4.69, 9.17) is 27.9 Å². The van der Waals surface area contributed by atoms with E-state index in [0.29, 0.717) is 27.1 Å². The molecule has 0 saturated carbocycles. The minimum Gasteiger partial charge on any atom is -0.488 e. The number of nitrogens with zero attached hydrogens (tertiary/aromatic N) is 2. The van der Waals surface area contributed by atoms with Crippen molar-refractivity contribution in [2.24, 2.45) is 0 Å². The van der Waals surface area contributed by atoms with Crippen molar-refractivity contribution < 1.29 is 19.0 Å². The van der Waals surface area contributed by atoms with Gasteiger partial charge in [-0.15, -0.1) is 0 Å². The smallest absolute Gasteiger partial charge is 0.356 e. The molecule has 1 aliphatic carbocycles. The van der Waals surface area contributed by atoms with E-state index in [1.165, 1.54) is 12.3 Å². The predicted molar refractivity (Wildman–Crippen MR) is 117 cm³/mol. The van der Waals surface area contributed by atoms with Gasteiger partial charge in [-0.3, -0.25) is 4.98 Å². The number of carboxylic acid groups (broad SMARTS) is 1. The summed E-state index contributed by atoms with van der Waals surface area (Å²) in [6, 6.07) is 9.68. The fourth-order valence-electron chi connectivity index (χ4n) is 3.60. The molecular weight excluding hydrogens is 442 g/mol. The quantitative estimate of drug-likeness (QED) is 0.469. The summed E-state index contributed by atoms with van der Waals surface area (Å²) in [6.07, 6.45) is 5.13. The number of halogens is 3. The van der Waals surface area contributed by atoms with Crippen molar-refractivity contribution in [2.75, 3.05) is 0 Å². The molecule has 1 N–H and O–H groups in total. The molecule has 1 aliphatic rings. The molecule has 2 aromatic carbocycles. The van der Waals surface area contributed by atoms with Crippen molar-refractivity contribution >= 4 is 40.3 Å². The van der Waals surface area contributed by atoms with Gasteiger partial charge in [-0.1, -0.05) is 29.3 Å². The number of ether oxygens (including phenoxy) is 1. The van der Waals surface area contributed by atoms with Gasteiger partial charge in [0.05, 0.1) is 18.1 Å². The number of aromatic nitrogens is 2. The number of hydrogen-bond acceptors (Lipinski definition) is 4. The summed E-state index contributed by atoms with van der Waals surface area (Å²) in [5, 5.41) is 10.1. The third kappa shape index (κ3) is 4.70. The number of hydrogen-bond donors (Lipinski definition) is 1. The van der Waals surface area contributed by atoms with Crippen LogP contribution < -0.4 is 4.74 Å². The lowest BCUT2D eigenvalue weighted by atomic mass is 9.99. The van der Waals surface area contributed by atoms with Gasteiger partial charge in [0.15, 0.2) is 5.69 Å². The van der Waals surface area contributed by atoms with Gasteiger partial charge >= 0.3 is 5.97 Å². The lowest BCUT2D eigenvalue weighted by Gasteiger charge is -2.15. The van der Waals surface area contributed by atoms with Crippen LogP contribution in [0.25, 0.3) is 11.1 Å². The third-order valence-electron chi connectivity index (χ3n) is 5.05. The summed E-state index contributed by atoms with van der Waals surface area (Å²) in [4.78, 5) is 19.6. The first-order valence-electron chi connectivity index (χ1n) is 9.57. The van der Waals surface area contributed by atoms with Gasteiger partial charge in [0.1, 0.15) is 18.2 Å². The van der Waals surface area contributed by atoms with Gasteiger partial charge in [-0.25, -0.2) is 14.2 Å². The first-order valence-corrected chi connectivity index (χ1v) is 10.3. The zero-order valence-electron chi connectivity index (χ0n) is 16.2. The van der Waals surface area contributed by atoms with E-state index < -0.39 is 11.8 Å². The molecule has 1 heterocycles. The maximum absolute atomic E-state index is 14.1. The Bertz CT molecular complexity index is 1200. The zero-order valence-corrected chi connectivity index (χ0v) is 17.8. The monoisotopic (exact) mass is 458 g/mol. The van der Waals surface area contributed by atoms with Crippen LogP contribution in [0, 0.1) is 5.82 Å². The average molecular weight is 459 g/mol. The highest BCUT2D eigenvalue weighted by molar-refractivity contribution is 6.31. The van der Waals surface area contributed by atoms with Gasteiger partial charge in [0.25, 0.3) is 0 Å². The molecule has 0 aliphatic heterocycles. The van der Waals surface area contributed by atoms with Gasteiger partial charge in [-0.2, -0.15) is 0 Å². The lowest BCUT2D eigenvalue weighted by Crippen LogP contribution is -2.04. The van der Waals surface area contributed by atoms with Gasteiger partial charge in [0, 0.05) is 21.2 Å². The normalized spacial score (nSPS) is 13.5. The van der Waals surface area contributed by atoms with E-state index in [-0.39, 0.29) is 12.3 Å². The molecule has 4 rings (SSSR count). The van der Waals surface area contributed by atoms with E-state index in [9.17, 15) is 14.3 Å². The van der Waals surface area contributed by atoms with E-state index in [1.807, 2.05) is 0 Å². The van der Waals surface area contributed by atoms with Crippen LogP contribution in [0.2, 0.25) is 10.0 Å². The molecule has 3 aromatic rings. The fourth-order valence-corrected chi connectivity index (χ4v) is 3.93. The summed E-state index contributed by atoms with van der Waals surface area (Å²) in [5.74, 6) is -1.02. The first kappa shape index (κ1) is 21.3. The zero-order chi connectivity index (χ0) is 22.0. The summed E-state index contributed by atoms with van der Waals surface area (Å²) in [7, 11) is 0. The molecule has 0 atom stereocenters. The number of carboxylic acids is 1. The highest BCUT2D eigenvalue weighted by atomic mass is 35.5. The van der Waals surface area contributed by atoms with Crippen molar-refractivity contribution in [1.29, 1.82) is 0 Å². The Morgan fingerprint density at radius 2 is 1.81 bits per heavy atom. The van der Waals surface area contributed by atoms with E-state index in [1.54, 1.807) is 36.5 Å². The first-order chi connectivity index (χ1) is 14.9. The van der Waals surface area contributed by atoms with Gasteiger partial charge in [0.2, 0.25) is 0 Å². The van der Waals surface area contributed by atoms with E-state index in [2.05, 4.69) is 9.97 Å². The van der Waals surface area contributed by atoms with Gasteiger partial charge < -0.3 is 9.84 Å². The number of benzene rings is 2. The number of rotatable bonds is 6. The molecule has 0 saturated heterocycles. The number of allylic oxidation sites excluding steroid dienone is 2. The molecule has 0 fully saturated rings. The molecule has 0 amide bonds. The van der Waals surface area contributed by atoms with Crippen LogP contribution >= 0.6 is 23.2 Å². The fraction of sp³-hybridized carbons (Fsp3) is 0.174. The Hall–Kier alpha value is -2.96. The van der Waals surface area contributed by atoms with Crippen LogP contribution in [0.3, 0.4) is 0 Å². The molecule has 0 bridgehead atoms. The molecule has 8 heteroatoms. The Morgan fingerprint density at radius 1 is 1.06 bits per heavy atom. The largest absolute Gasteiger partial charge is 0.488 e. The van der Waals surface area contributed by atoms with Crippen molar-refractivity contribution in [3.05, 3.63) is 87.2 Å². The number of carbonyl (C=O) groups is 1. The van der Waals surface area contributed by atoms with Gasteiger partial charge in [-0.05, 0) is 60.7 Å². The van der Waals surface area contributed by atoms with E-state index >= 15 is 0 Å². The summed E-state index contributed by atoms with van der Waals surface area (Å²) in [6.45, 7) is 0.0224. The topological polar surface area (TPSA) is 72.3 Å². The third-order valence-corrected chi connectivity index (χ3v) is 5.52. The van der Waals surface area contributed by atoms with Crippen molar-refractivity contribution in [3.63, 3.8) is 0 Å². The second-order valence-corrected chi connectivity index (χ2v) is 7.94. The summed E-state index contributed by atoms with van der Waals surface area (Å²) >= 11 is 12.1. The molecule has 31 heavy (non-hydrogen) atoms. The Labute approximate surface area is 188 Å². The minimum atomic E-state index is -1.13. The molecular formula is C23H17Cl2FN2O3. The van der Waals surface area contributed by atoms with Crippen molar-refractivity contribution in [2.45, 2.75) is 25.9 Å². The highest BCUT2D eigenvalue weighted by Crippen LogP contribution is 2.43. The second-order valence-electron chi connectivity index (χ2n) is 7.07. The predicted octanol–water partition coefficient (Wildman–Crippen LogP) is 6.29. The van der Waals surface area contributed by atoms with Crippen LogP contribution in [0.1, 0.15) is 46.6 Å². The van der Waals surface area contributed by atoms with E-state index in [0.717, 1.165) is 36.0 Å². The summed E-state index contributed by atoms with van der Waals surface area (Å²) < 4.78 is 20.1. The molecule has 0 radical (unpaired) electrons. The van der Waals surface area contributed by atoms with Crippen LogP contribution in [-0.2, 0) is 6.61 Å². The maximum Gasteiger partial charge on any atom is 0.356 e. The molecule has 0 spiro atoms. The van der Waals surface area contributed by atoms with Crippen molar-refractivity contribution in [3.8, 4) is 5.75 Å². The van der Waals surface area contributed by atoms with Crippen LogP contribution in [0.4, 0.5) is 4.39 Å². The standard InChI is InChI=1S/C23H17Cl2FN2O3/c24-14-6-7-22(31-12-13-4-5-15(25)9-19(13)26)18(8-14)16-2-1-3-17(16)20-10-27-11-21(28-20)23(29)30/h4-11H,1-3,12H2,(H,29,30). The second kappa shape index (κ2) is 9.04. The van der Waals surface area contributed by atoms with Crippen LogP contribution in [-0.4, -0.2) is 21.0 Å². The van der Waals surface area contributed by atoms with Crippen LogP contribution in [0.5, 0.6) is 5.75 Å². The molecule has 5 nitrogen and oxygen atoms in total. The average Bonchev–Trinajstić information content (AvgIpc) is 3.23. The lowest BCUT2D eigenvalue weighted by molar-refractivity contribution is 0.0690. The molecule has 0 unspecified atom stereocenters. The van der Waals surface area contributed by atoms with Crippen molar-refractivity contribution in [1.82, 2.24) is 9.97 Å². The van der Waals surface area contributed by atoms with Crippen LogP contribution in [0.15, 0.2) is 48.8 Å². The number of aromatic carboxylic acids is 1.